The second-order valence-corrected chi connectivity index (χ2v) is 30.7. The SMILES string of the molecule is CCCCCC/C=C\C=C/CCCCCCCC(=O)OC[C@H](COP(=O)(O)OC[C@@H](O)COP(=O)(O)OC[C@@H](COC(=O)CCCCCCCCC(C)CC)OC(=O)CCCCCCCCCC(C)C)OC(=O)CCCCCCCCCCCCCCCCCCCCCCC. The summed E-state index contributed by atoms with van der Waals surface area (Å²) in [6, 6.07) is 0. The van der Waals surface area contributed by atoms with Crippen LogP contribution in [-0.2, 0) is 65.4 Å². The minimum atomic E-state index is -4.97. The first-order valence-electron chi connectivity index (χ1n) is 39.3. The number of hydrogen-bond donors (Lipinski definition) is 3. The maximum absolute atomic E-state index is 13.1. The molecule has 3 N–H and O–H groups in total. The first-order valence-corrected chi connectivity index (χ1v) is 42.3. The van der Waals surface area contributed by atoms with Crippen molar-refractivity contribution >= 4 is 39.5 Å². The van der Waals surface area contributed by atoms with Gasteiger partial charge in [-0.25, -0.2) is 9.13 Å². The number of hydrogen-bond acceptors (Lipinski definition) is 15. The lowest BCUT2D eigenvalue weighted by Crippen LogP contribution is -2.30. The van der Waals surface area contributed by atoms with Gasteiger partial charge in [0.25, 0.3) is 0 Å². The molecule has 0 aliphatic carbocycles. The highest BCUT2D eigenvalue weighted by atomic mass is 31.2. The van der Waals surface area contributed by atoms with Crippen LogP contribution < -0.4 is 0 Å². The molecule has 0 radical (unpaired) electrons. The lowest BCUT2D eigenvalue weighted by Gasteiger charge is -2.21. The molecular formula is C77H146O17P2. The van der Waals surface area contributed by atoms with Crippen molar-refractivity contribution in [3.63, 3.8) is 0 Å². The van der Waals surface area contributed by atoms with Crippen LogP contribution in [0.4, 0.5) is 0 Å². The highest BCUT2D eigenvalue weighted by molar-refractivity contribution is 7.47. The Morgan fingerprint density at radius 2 is 0.615 bits per heavy atom. The quantitative estimate of drug-likeness (QED) is 0.0169. The maximum atomic E-state index is 13.1. The van der Waals surface area contributed by atoms with E-state index in [9.17, 15) is 43.2 Å². The van der Waals surface area contributed by atoms with Crippen molar-refractivity contribution in [3.8, 4) is 0 Å². The van der Waals surface area contributed by atoms with Gasteiger partial charge in [0.2, 0.25) is 0 Å². The normalized spacial score (nSPS) is 14.4. The minimum Gasteiger partial charge on any atom is -0.462 e. The maximum Gasteiger partial charge on any atom is 0.472 e. The molecule has 0 saturated carbocycles. The third-order valence-corrected chi connectivity index (χ3v) is 19.6. The van der Waals surface area contributed by atoms with E-state index in [2.05, 4.69) is 65.8 Å². The minimum absolute atomic E-state index is 0.100. The van der Waals surface area contributed by atoms with E-state index in [4.69, 9.17) is 37.0 Å². The first kappa shape index (κ1) is 93.5. The lowest BCUT2D eigenvalue weighted by molar-refractivity contribution is -0.161. The van der Waals surface area contributed by atoms with Gasteiger partial charge in [-0.1, -0.05) is 323 Å². The molecule has 0 bridgehead atoms. The highest BCUT2D eigenvalue weighted by Gasteiger charge is 2.30. The van der Waals surface area contributed by atoms with Crippen molar-refractivity contribution in [2.45, 2.75) is 394 Å². The standard InChI is InChI=1S/C77H146O17P2/c1-7-10-12-14-16-18-20-22-24-25-26-27-28-29-31-33-35-37-41-49-55-61-76(81)93-72(65-87-74(79)59-53-47-40-36-34-32-30-23-21-19-17-15-13-11-8-2)67-91-95(83,84)89-63-71(78)64-90-96(85,86)92-68-73(94-77(82)62-56-50-42-38-39-45-51-57-69(4)5)66-88-75(80)60-54-48-44-43-46-52-58-70(6)9-3/h19,21,23,30,69-73,78H,7-18,20,22,24-29,31-68H2,1-6H3,(H,83,84)(H,85,86)/b21-19-,30-23-/t70?,71-,72-,73-/m1/s1. The Balaban J connectivity index is 5.23. The summed E-state index contributed by atoms with van der Waals surface area (Å²) < 4.78 is 68.4. The molecule has 0 fully saturated rings. The molecule has 6 atom stereocenters. The van der Waals surface area contributed by atoms with Crippen LogP contribution in [0, 0.1) is 11.8 Å². The summed E-state index contributed by atoms with van der Waals surface area (Å²) >= 11 is 0. The number of carbonyl (C=O) groups excluding carboxylic acids is 4. The Hall–Kier alpha value is -2.46. The predicted octanol–water partition coefficient (Wildman–Crippen LogP) is 22.3. The van der Waals surface area contributed by atoms with E-state index >= 15 is 0 Å². The summed E-state index contributed by atoms with van der Waals surface area (Å²) in [5, 5.41) is 10.6. The molecule has 0 spiro atoms. The van der Waals surface area contributed by atoms with Gasteiger partial charge < -0.3 is 33.8 Å². The number of unbranched alkanes of at least 4 members (excludes halogenated alkanes) is 40. The molecule has 3 unspecified atom stereocenters. The van der Waals surface area contributed by atoms with Gasteiger partial charge in [0.15, 0.2) is 12.2 Å². The zero-order valence-corrected chi connectivity index (χ0v) is 63.9. The molecule has 0 aliphatic rings. The third kappa shape index (κ3) is 68.7. The van der Waals surface area contributed by atoms with Crippen LogP contribution in [-0.4, -0.2) is 96.7 Å². The van der Waals surface area contributed by atoms with Gasteiger partial charge >= 0.3 is 39.5 Å². The molecule has 0 aromatic rings. The Morgan fingerprint density at radius 3 is 0.938 bits per heavy atom. The van der Waals surface area contributed by atoms with Crippen molar-refractivity contribution in [2.75, 3.05) is 39.6 Å². The Bertz CT molecular complexity index is 1950. The van der Waals surface area contributed by atoms with Gasteiger partial charge in [0.1, 0.15) is 19.3 Å². The summed E-state index contributed by atoms with van der Waals surface area (Å²) in [6.45, 7) is 9.42. The monoisotopic (exact) mass is 1410 g/mol. The zero-order chi connectivity index (χ0) is 70.7. The van der Waals surface area contributed by atoms with Gasteiger partial charge in [-0.15, -0.1) is 0 Å². The van der Waals surface area contributed by atoms with E-state index in [1.807, 2.05) is 0 Å². The number of carbonyl (C=O) groups is 4. The molecule has 0 aliphatic heterocycles. The van der Waals surface area contributed by atoms with Crippen molar-refractivity contribution in [2.24, 2.45) is 11.8 Å². The topological polar surface area (TPSA) is 237 Å². The van der Waals surface area contributed by atoms with E-state index in [-0.39, 0.29) is 25.7 Å². The average Bonchev–Trinajstić information content (AvgIpc) is 3.56. The molecule has 0 rings (SSSR count). The molecule has 17 nitrogen and oxygen atoms in total. The average molecular weight is 1410 g/mol. The van der Waals surface area contributed by atoms with Crippen molar-refractivity contribution in [1.29, 1.82) is 0 Å². The van der Waals surface area contributed by atoms with Gasteiger partial charge in [-0.2, -0.15) is 0 Å². The van der Waals surface area contributed by atoms with Crippen molar-refractivity contribution in [3.05, 3.63) is 24.3 Å². The molecule has 566 valence electrons. The second kappa shape index (κ2) is 68.3. The van der Waals surface area contributed by atoms with E-state index in [0.717, 1.165) is 121 Å². The third-order valence-electron chi connectivity index (χ3n) is 17.7. The lowest BCUT2D eigenvalue weighted by atomic mass is 10.00. The summed E-state index contributed by atoms with van der Waals surface area (Å²) in [5.74, 6) is -0.728. The van der Waals surface area contributed by atoms with Crippen LogP contribution >= 0.6 is 15.6 Å². The van der Waals surface area contributed by atoms with Gasteiger partial charge in [0.05, 0.1) is 26.4 Å². The molecule has 0 aromatic heterocycles. The Morgan fingerprint density at radius 1 is 0.344 bits per heavy atom. The number of rotatable bonds is 74. The smallest absolute Gasteiger partial charge is 0.462 e. The van der Waals surface area contributed by atoms with Crippen LogP contribution in [0.25, 0.3) is 0 Å². The number of ether oxygens (including phenoxy) is 4. The van der Waals surface area contributed by atoms with Crippen LogP contribution in [0.5, 0.6) is 0 Å². The fourth-order valence-corrected chi connectivity index (χ4v) is 12.8. The summed E-state index contributed by atoms with van der Waals surface area (Å²) in [4.78, 5) is 72.7. The molecule has 0 saturated heterocycles. The number of allylic oxidation sites excluding steroid dienone is 4. The largest absolute Gasteiger partial charge is 0.472 e. The number of aliphatic hydroxyl groups is 1. The van der Waals surface area contributed by atoms with Crippen molar-refractivity contribution in [1.82, 2.24) is 0 Å². The predicted molar refractivity (Wildman–Crippen MR) is 391 cm³/mol. The fourth-order valence-electron chi connectivity index (χ4n) is 11.3. The molecule has 0 heterocycles. The Labute approximate surface area is 586 Å². The van der Waals surface area contributed by atoms with E-state index in [1.165, 1.54) is 167 Å². The highest BCUT2D eigenvalue weighted by Crippen LogP contribution is 2.45. The van der Waals surface area contributed by atoms with Gasteiger partial charge in [0, 0.05) is 25.7 Å². The molecule has 0 amide bonds. The van der Waals surface area contributed by atoms with Gasteiger partial charge in [-0.05, 0) is 63.2 Å². The van der Waals surface area contributed by atoms with Gasteiger partial charge in [-0.3, -0.25) is 37.3 Å². The van der Waals surface area contributed by atoms with E-state index in [0.29, 0.717) is 31.6 Å². The van der Waals surface area contributed by atoms with E-state index in [1.54, 1.807) is 0 Å². The zero-order valence-electron chi connectivity index (χ0n) is 62.2. The number of esters is 4. The molecule has 19 heteroatoms. The van der Waals surface area contributed by atoms with Crippen LogP contribution in [0.1, 0.15) is 375 Å². The van der Waals surface area contributed by atoms with E-state index < -0.39 is 97.5 Å². The first-order chi connectivity index (χ1) is 46.4. The number of phosphoric acid groups is 2. The molecular weight excluding hydrogens is 1260 g/mol. The summed E-state index contributed by atoms with van der Waals surface area (Å²) in [5.41, 5.74) is 0. The van der Waals surface area contributed by atoms with Crippen LogP contribution in [0.3, 0.4) is 0 Å². The molecule has 0 aromatic carbocycles. The van der Waals surface area contributed by atoms with Crippen LogP contribution in [0.15, 0.2) is 24.3 Å². The van der Waals surface area contributed by atoms with Crippen molar-refractivity contribution < 1.29 is 80.2 Å². The summed E-state index contributed by atoms with van der Waals surface area (Å²) in [6.07, 6.45) is 59.4. The van der Waals surface area contributed by atoms with Crippen LogP contribution in [0.2, 0.25) is 0 Å². The Kier molecular flexibility index (Phi) is 66.6. The fraction of sp³-hybridized carbons (Fsp3) is 0.896. The number of aliphatic hydroxyl groups excluding tert-OH is 1. The second-order valence-electron chi connectivity index (χ2n) is 27.8. The molecule has 96 heavy (non-hydrogen) atoms. The summed E-state index contributed by atoms with van der Waals surface area (Å²) in [7, 11) is -9.92. The number of phosphoric ester groups is 2.